The van der Waals surface area contributed by atoms with Crippen molar-refractivity contribution in [1.82, 2.24) is 10.6 Å². The normalized spacial score (nSPS) is 12.4. The minimum atomic E-state index is -3.28. The third-order valence-corrected chi connectivity index (χ3v) is 4.90. The van der Waals surface area contributed by atoms with Gasteiger partial charge in [0.1, 0.15) is 0 Å². The SMILES string of the molecule is CC[C@@H](NC(=O)NCc1ccc(NS(C)(=O)=O)cc1)c1cccs1. The predicted molar refractivity (Wildman–Crippen MR) is 97.6 cm³/mol. The Kier molecular flexibility index (Phi) is 6.22. The first kappa shape index (κ1) is 18.3. The van der Waals surface area contributed by atoms with Crippen molar-refractivity contribution >= 4 is 33.1 Å². The van der Waals surface area contributed by atoms with Gasteiger partial charge in [0, 0.05) is 17.1 Å². The summed E-state index contributed by atoms with van der Waals surface area (Å²) in [7, 11) is -3.28. The van der Waals surface area contributed by atoms with Crippen LogP contribution in [0.3, 0.4) is 0 Å². The first-order chi connectivity index (χ1) is 11.4. The lowest BCUT2D eigenvalue weighted by Gasteiger charge is -2.16. The highest BCUT2D eigenvalue weighted by atomic mass is 32.2. The van der Waals surface area contributed by atoms with Crippen molar-refractivity contribution in [2.24, 2.45) is 0 Å². The number of hydrogen-bond acceptors (Lipinski definition) is 4. The van der Waals surface area contributed by atoms with Crippen molar-refractivity contribution in [1.29, 1.82) is 0 Å². The van der Waals surface area contributed by atoms with Crippen LogP contribution in [0.25, 0.3) is 0 Å². The Labute approximate surface area is 146 Å². The van der Waals surface area contributed by atoms with Gasteiger partial charge in [0.25, 0.3) is 0 Å². The number of sulfonamides is 1. The van der Waals surface area contributed by atoms with E-state index in [0.29, 0.717) is 12.2 Å². The van der Waals surface area contributed by atoms with Gasteiger partial charge in [-0.15, -0.1) is 11.3 Å². The van der Waals surface area contributed by atoms with Crippen molar-refractivity contribution in [2.45, 2.75) is 25.9 Å². The molecule has 24 heavy (non-hydrogen) atoms. The Morgan fingerprint density at radius 2 is 1.92 bits per heavy atom. The van der Waals surface area contributed by atoms with E-state index in [1.165, 1.54) is 0 Å². The Morgan fingerprint density at radius 1 is 1.21 bits per heavy atom. The largest absolute Gasteiger partial charge is 0.334 e. The van der Waals surface area contributed by atoms with Crippen molar-refractivity contribution in [3.8, 4) is 0 Å². The number of thiophene rings is 1. The van der Waals surface area contributed by atoms with Crippen molar-refractivity contribution in [2.75, 3.05) is 11.0 Å². The van der Waals surface area contributed by atoms with Crippen molar-refractivity contribution in [3.63, 3.8) is 0 Å². The molecule has 8 heteroatoms. The second-order valence-electron chi connectivity index (χ2n) is 5.37. The molecule has 2 rings (SSSR count). The zero-order valence-corrected chi connectivity index (χ0v) is 15.2. The summed E-state index contributed by atoms with van der Waals surface area (Å²) < 4.78 is 24.7. The summed E-state index contributed by atoms with van der Waals surface area (Å²) in [5.74, 6) is 0. The van der Waals surface area contributed by atoms with Crippen LogP contribution in [0.5, 0.6) is 0 Å². The van der Waals surface area contributed by atoms with Gasteiger partial charge in [0.15, 0.2) is 0 Å². The molecule has 0 fully saturated rings. The molecule has 1 heterocycles. The third kappa shape index (κ3) is 5.86. The molecule has 0 spiro atoms. The number of anilines is 1. The summed E-state index contributed by atoms with van der Waals surface area (Å²) in [6.07, 6.45) is 1.92. The molecule has 130 valence electrons. The molecule has 0 aliphatic carbocycles. The number of carbonyl (C=O) groups excluding carboxylic acids is 1. The van der Waals surface area contributed by atoms with E-state index in [0.717, 1.165) is 23.1 Å². The van der Waals surface area contributed by atoms with Gasteiger partial charge < -0.3 is 10.6 Å². The highest BCUT2D eigenvalue weighted by molar-refractivity contribution is 7.92. The van der Waals surface area contributed by atoms with E-state index >= 15 is 0 Å². The number of hydrogen-bond donors (Lipinski definition) is 3. The number of nitrogens with one attached hydrogen (secondary N) is 3. The van der Waals surface area contributed by atoms with Gasteiger partial charge in [-0.1, -0.05) is 25.1 Å². The zero-order valence-electron chi connectivity index (χ0n) is 13.6. The number of urea groups is 1. The maximum absolute atomic E-state index is 12.0. The van der Waals surface area contributed by atoms with E-state index in [1.54, 1.807) is 35.6 Å². The number of amides is 2. The molecule has 2 amide bonds. The van der Waals surface area contributed by atoms with E-state index in [9.17, 15) is 13.2 Å². The lowest BCUT2D eigenvalue weighted by molar-refractivity contribution is 0.236. The molecule has 0 saturated carbocycles. The average molecular weight is 367 g/mol. The Bertz CT molecular complexity index is 756. The fourth-order valence-electron chi connectivity index (χ4n) is 2.16. The minimum absolute atomic E-state index is 0.00587. The zero-order chi connectivity index (χ0) is 17.6. The lowest BCUT2D eigenvalue weighted by Crippen LogP contribution is -2.37. The van der Waals surface area contributed by atoms with Crippen LogP contribution >= 0.6 is 11.3 Å². The van der Waals surface area contributed by atoms with Gasteiger partial charge >= 0.3 is 6.03 Å². The molecule has 6 nitrogen and oxygen atoms in total. The predicted octanol–water partition coefficient (Wildman–Crippen LogP) is 3.07. The molecule has 1 aromatic carbocycles. The van der Waals surface area contributed by atoms with Crippen LogP contribution in [0.1, 0.15) is 29.8 Å². The maximum atomic E-state index is 12.0. The summed E-state index contributed by atoms with van der Waals surface area (Å²) in [5.41, 5.74) is 1.38. The van der Waals surface area contributed by atoms with Gasteiger partial charge in [0.05, 0.1) is 12.3 Å². The fraction of sp³-hybridized carbons (Fsp3) is 0.312. The third-order valence-electron chi connectivity index (χ3n) is 3.31. The topological polar surface area (TPSA) is 87.3 Å². The summed E-state index contributed by atoms with van der Waals surface area (Å²) in [6.45, 7) is 2.39. The molecule has 0 saturated heterocycles. The molecule has 1 atom stereocenters. The summed E-state index contributed by atoms with van der Waals surface area (Å²) in [4.78, 5) is 13.2. The van der Waals surface area contributed by atoms with Gasteiger partial charge in [-0.2, -0.15) is 0 Å². The maximum Gasteiger partial charge on any atom is 0.315 e. The molecule has 0 aliphatic heterocycles. The summed E-state index contributed by atoms with van der Waals surface area (Å²) in [5, 5.41) is 7.75. The van der Waals surface area contributed by atoms with Gasteiger partial charge in [-0.05, 0) is 35.6 Å². The van der Waals surface area contributed by atoms with E-state index < -0.39 is 10.0 Å². The Hall–Kier alpha value is -2.06. The van der Waals surface area contributed by atoms with Crippen molar-refractivity contribution in [3.05, 3.63) is 52.2 Å². The molecule has 1 aromatic heterocycles. The highest BCUT2D eigenvalue weighted by Crippen LogP contribution is 2.21. The van der Waals surface area contributed by atoms with E-state index in [-0.39, 0.29) is 12.1 Å². The molecule has 0 aliphatic rings. The van der Waals surface area contributed by atoms with Gasteiger partial charge in [-0.3, -0.25) is 4.72 Å². The number of rotatable bonds is 7. The first-order valence-electron chi connectivity index (χ1n) is 7.52. The van der Waals surface area contributed by atoms with Gasteiger partial charge in [0.2, 0.25) is 10.0 Å². The number of carbonyl (C=O) groups is 1. The molecule has 2 aromatic rings. The van der Waals surface area contributed by atoms with Crippen LogP contribution in [0.2, 0.25) is 0 Å². The fourth-order valence-corrected chi connectivity index (χ4v) is 3.59. The van der Waals surface area contributed by atoms with Gasteiger partial charge in [-0.25, -0.2) is 13.2 Å². The van der Waals surface area contributed by atoms with Crippen LogP contribution in [-0.4, -0.2) is 20.7 Å². The molecular weight excluding hydrogens is 346 g/mol. The summed E-state index contributed by atoms with van der Waals surface area (Å²) in [6, 6.07) is 10.6. The van der Waals surface area contributed by atoms with Crippen LogP contribution in [-0.2, 0) is 16.6 Å². The van der Waals surface area contributed by atoms with E-state index in [1.807, 2.05) is 24.4 Å². The quantitative estimate of drug-likeness (QED) is 0.703. The molecule has 0 radical (unpaired) electrons. The average Bonchev–Trinajstić information content (AvgIpc) is 3.04. The highest BCUT2D eigenvalue weighted by Gasteiger charge is 2.13. The lowest BCUT2D eigenvalue weighted by atomic mass is 10.2. The second-order valence-corrected chi connectivity index (χ2v) is 8.10. The monoisotopic (exact) mass is 367 g/mol. The molecule has 0 unspecified atom stereocenters. The van der Waals surface area contributed by atoms with Crippen molar-refractivity contribution < 1.29 is 13.2 Å². The smallest absolute Gasteiger partial charge is 0.315 e. The number of benzene rings is 1. The Morgan fingerprint density at radius 3 is 2.46 bits per heavy atom. The van der Waals surface area contributed by atoms with Crippen LogP contribution in [0, 0.1) is 0 Å². The van der Waals surface area contributed by atoms with Crippen LogP contribution < -0.4 is 15.4 Å². The summed E-state index contributed by atoms with van der Waals surface area (Å²) >= 11 is 1.62. The minimum Gasteiger partial charge on any atom is -0.334 e. The van der Waals surface area contributed by atoms with E-state index in [2.05, 4.69) is 15.4 Å². The molecule has 3 N–H and O–H groups in total. The van der Waals surface area contributed by atoms with E-state index in [4.69, 9.17) is 0 Å². The first-order valence-corrected chi connectivity index (χ1v) is 10.3. The van der Waals surface area contributed by atoms with Crippen LogP contribution in [0.4, 0.5) is 10.5 Å². The molecule has 0 bridgehead atoms. The molecular formula is C16H21N3O3S2. The second kappa shape index (κ2) is 8.16. The standard InChI is InChI=1S/C16H21N3O3S2/c1-3-14(15-5-4-10-23-15)18-16(20)17-11-12-6-8-13(9-7-12)19-24(2,21)22/h4-10,14,19H,3,11H2,1-2H3,(H2,17,18,20)/t14-/m1/s1. The Balaban J connectivity index is 1.85. The van der Waals surface area contributed by atoms with Crippen LogP contribution in [0.15, 0.2) is 41.8 Å².